The van der Waals surface area contributed by atoms with E-state index in [1.165, 1.54) is 13.8 Å². The normalized spacial score (nSPS) is 27.0. The summed E-state index contributed by atoms with van der Waals surface area (Å²) < 4.78 is 17.9. The number of likely N-dealkylation sites (tertiary alicyclic amines) is 1. The van der Waals surface area contributed by atoms with Gasteiger partial charge >= 0.3 is 5.97 Å². The molecule has 9 heteroatoms. The van der Waals surface area contributed by atoms with Gasteiger partial charge in [0.15, 0.2) is 12.4 Å². The Morgan fingerprint density at radius 2 is 1.92 bits per heavy atom. The molecule has 0 bridgehead atoms. The highest BCUT2D eigenvalue weighted by Crippen LogP contribution is 2.42. The number of esters is 1. The van der Waals surface area contributed by atoms with Crippen LogP contribution in [0.25, 0.3) is 0 Å². The summed E-state index contributed by atoms with van der Waals surface area (Å²) in [7, 11) is 0. The molecule has 200 valence electrons. The lowest BCUT2D eigenvalue weighted by molar-refractivity contribution is -0.276. The van der Waals surface area contributed by atoms with Gasteiger partial charge in [-0.3, -0.25) is 14.5 Å². The van der Waals surface area contributed by atoms with Crippen LogP contribution in [0.2, 0.25) is 0 Å². The highest BCUT2D eigenvalue weighted by molar-refractivity contribution is 5.95. The predicted molar refractivity (Wildman–Crippen MR) is 136 cm³/mol. The number of nitrogens with one attached hydrogen (secondary N) is 1. The fraction of sp³-hybridized carbons (Fsp3) is 0.500. The van der Waals surface area contributed by atoms with Gasteiger partial charge in [-0.25, -0.2) is 0 Å². The number of benzene rings is 2. The van der Waals surface area contributed by atoms with Gasteiger partial charge in [0.25, 0.3) is 5.91 Å². The van der Waals surface area contributed by atoms with Crippen molar-refractivity contribution in [1.29, 1.82) is 0 Å². The maximum Gasteiger partial charge on any atom is 0.303 e. The molecule has 2 heterocycles. The lowest BCUT2D eigenvalue weighted by atomic mass is 9.90. The molecule has 0 aliphatic carbocycles. The van der Waals surface area contributed by atoms with E-state index in [-0.39, 0.29) is 30.8 Å². The lowest BCUT2D eigenvalue weighted by Crippen LogP contribution is -2.44. The molecule has 37 heavy (non-hydrogen) atoms. The van der Waals surface area contributed by atoms with E-state index in [0.29, 0.717) is 18.8 Å². The van der Waals surface area contributed by atoms with Gasteiger partial charge in [0.1, 0.15) is 0 Å². The topological polar surface area (TPSA) is 118 Å². The van der Waals surface area contributed by atoms with E-state index in [0.717, 1.165) is 29.7 Å². The van der Waals surface area contributed by atoms with Gasteiger partial charge in [-0.05, 0) is 36.6 Å². The number of hydrogen-bond acceptors (Lipinski definition) is 8. The molecule has 3 N–H and O–H groups in total. The number of rotatable bonds is 8. The molecule has 6 atom stereocenters. The number of anilines is 1. The second kappa shape index (κ2) is 12.1. The summed E-state index contributed by atoms with van der Waals surface area (Å²) in [6, 6.07) is 15.0. The van der Waals surface area contributed by atoms with Crippen molar-refractivity contribution in [2.24, 2.45) is 5.92 Å². The van der Waals surface area contributed by atoms with E-state index in [1.54, 1.807) is 12.1 Å². The fourth-order valence-electron chi connectivity index (χ4n) is 4.87. The summed E-state index contributed by atoms with van der Waals surface area (Å²) in [4.78, 5) is 25.8. The van der Waals surface area contributed by atoms with E-state index in [1.807, 2.05) is 36.4 Å². The Kier molecular flexibility index (Phi) is 8.94. The van der Waals surface area contributed by atoms with Gasteiger partial charge in [-0.2, -0.15) is 0 Å². The maximum atomic E-state index is 12.4. The van der Waals surface area contributed by atoms with Crippen molar-refractivity contribution in [3.05, 3.63) is 65.2 Å². The Hall–Kier alpha value is -2.82. The molecular formula is C28H36N2O7. The summed E-state index contributed by atoms with van der Waals surface area (Å²) >= 11 is 0. The molecule has 0 aromatic heterocycles. The van der Waals surface area contributed by atoms with Crippen LogP contribution in [0.3, 0.4) is 0 Å². The third-order valence-corrected chi connectivity index (χ3v) is 6.95. The summed E-state index contributed by atoms with van der Waals surface area (Å²) in [5.41, 5.74) is 3.10. The first-order valence-corrected chi connectivity index (χ1v) is 12.7. The van der Waals surface area contributed by atoms with Crippen LogP contribution < -0.4 is 5.32 Å². The average Bonchev–Trinajstić information content (AvgIpc) is 3.29. The lowest BCUT2D eigenvalue weighted by Gasteiger charge is -2.42. The molecule has 2 saturated heterocycles. The molecule has 4 rings (SSSR count). The van der Waals surface area contributed by atoms with Crippen molar-refractivity contribution in [3.63, 3.8) is 0 Å². The minimum atomic E-state index is -0.921. The quantitative estimate of drug-likeness (QED) is 0.462. The number of amides is 1. The molecule has 2 aromatic rings. The van der Waals surface area contributed by atoms with E-state index in [2.05, 4.69) is 17.1 Å². The van der Waals surface area contributed by atoms with Crippen molar-refractivity contribution in [3.8, 4) is 0 Å². The van der Waals surface area contributed by atoms with Gasteiger partial charge in [0.2, 0.25) is 0 Å². The van der Waals surface area contributed by atoms with E-state index in [9.17, 15) is 19.8 Å². The van der Waals surface area contributed by atoms with Gasteiger partial charge in [0.05, 0.1) is 24.9 Å². The van der Waals surface area contributed by atoms with Crippen molar-refractivity contribution in [2.45, 2.75) is 64.5 Å². The fourth-order valence-corrected chi connectivity index (χ4v) is 4.87. The summed E-state index contributed by atoms with van der Waals surface area (Å²) in [6.07, 6.45) is -1.59. The molecule has 2 aliphatic rings. The van der Waals surface area contributed by atoms with Gasteiger partial charge < -0.3 is 29.7 Å². The highest BCUT2D eigenvalue weighted by atomic mass is 16.7. The van der Waals surface area contributed by atoms with Crippen molar-refractivity contribution in [2.75, 3.05) is 25.0 Å². The number of β-amino-alcohol motifs (C(OH)–C–C–N with tert-alkyl or cyclic N) is 1. The van der Waals surface area contributed by atoms with Gasteiger partial charge in [0, 0.05) is 43.7 Å². The third-order valence-electron chi connectivity index (χ3n) is 6.95. The van der Waals surface area contributed by atoms with Crippen LogP contribution >= 0.6 is 0 Å². The number of carbonyl (C=O) groups is 2. The number of aliphatic hydroxyl groups excluding tert-OH is 2. The first-order chi connectivity index (χ1) is 17.7. The minimum Gasteiger partial charge on any atom is -0.453 e. The Balaban J connectivity index is 1.55. The van der Waals surface area contributed by atoms with Crippen LogP contribution in [0.15, 0.2) is 48.5 Å². The molecule has 2 aliphatic heterocycles. The number of aliphatic hydroxyl groups is 2. The summed E-state index contributed by atoms with van der Waals surface area (Å²) in [5.74, 6) is -0.927. The number of ether oxygens (including phenoxy) is 3. The average molecular weight is 513 g/mol. The number of nitrogens with zero attached hydrogens (tertiary/aromatic N) is 1. The van der Waals surface area contributed by atoms with Gasteiger partial charge in [-0.1, -0.05) is 43.3 Å². The first-order valence-electron chi connectivity index (χ1n) is 12.7. The predicted octanol–water partition coefficient (Wildman–Crippen LogP) is 2.93. The molecule has 2 aromatic carbocycles. The van der Waals surface area contributed by atoms with Crippen molar-refractivity contribution in [1.82, 2.24) is 4.90 Å². The Bertz CT molecular complexity index is 1080. The minimum absolute atomic E-state index is 0.0262. The Morgan fingerprint density at radius 1 is 1.16 bits per heavy atom. The standard InChI is InChI=1S/C28H36N2O7/c1-17-25(15-30-12-11-24(33)14-30)36-28(37-26(17)21-9-7-20(16-31)8-10-21)22-5-4-6-23(13-22)29-27(34)18(2)35-19(3)32/h4-10,13,17-18,24-26,28,31,33H,11-12,14-16H2,1-3H3,(H,29,34)/t17-,18+,24+,25+,26+,28+/m1/s1. The highest BCUT2D eigenvalue weighted by Gasteiger charge is 2.40. The van der Waals surface area contributed by atoms with Crippen LogP contribution in [-0.2, 0) is 30.4 Å². The Morgan fingerprint density at radius 3 is 2.57 bits per heavy atom. The number of carbonyl (C=O) groups excluding carboxylic acids is 2. The maximum absolute atomic E-state index is 12.4. The van der Waals surface area contributed by atoms with E-state index < -0.39 is 24.3 Å². The number of hydrogen-bond donors (Lipinski definition) is 3. The summed E-state index contributed by atoms with van der Waals surface area (Å²) in [5, 5.41) is 22.2. The first kappa shape index (κ1) is 27.2. The molecule has 0 spiro atoms. The van der Waals surface area contributed by atoms with Crippen LogP contribution in [0.1, 0.15) is 56.3 Å². The third kappa shape index (κ3) is 6.94. The van der Waals surface area contributed by atoms with Crippen LogP contribution in [-0.4, -0.2) is 64.9 Å². The largest absolute Gasteiger partial charge is 0.453 e. The summed E-state index contributed by atoms with van der Waals surface area (Å²) in [6.45, 7) is 6.96. The second-order valence-corrected chi connectivity index (χ2v) is 9.89. The molecule has 2 fully saturated rings. The van der Waals surface area contributed by atoms with Crippen molar-refractivity contribution < 1.29 is 34.0 Å². The van der Waals surface area contributed by atoms with Crippen LogP contribution in [0, 0.1) is 5.92 Å². The monoisotopic (exact) mass is 512 g/mol. The van der Waals surface area contributed by atoms with Crippen LogP contribution in [0.4, 0.5) is 5.69 Å². The molecule has 1 amide bonds. The SMILES string of the molecule is CC(=O)O[C@@H](C)C(=O)Nc1cccc([C@H]2O[C@@H](CN3CC[C@H](O)C3)[C@@H](C)[C@@H](c3ccc(CO)cc3)O2)c1. The zero-order chi connectivity index (χ0) is 26.5. The molecule has 0 unspecified atom stereocenters. The smallest absolute Gasteiger partial charge is 0.303 e. The van der Waals surface area contributed by atoms with Gasteiger partial charge in [-0.15, -0.1) is 0 Å². The molecular weight excluding hydrogens is 476 g/mol. The Labute approximate surface area is 217 Å². The zero-order valence-electron chi connectivity index (χ0n) is 21.5. The zero-order valence-corrected chi connectivity index (χ0v) is 21.5. The van der Waals surface area contributed by atoms with Crippen LogP contribution in [0.5, 0.6) is 0 Å². The molecule has 0 radical (unpaired) electrons. The molecule has 0 saturated carbocycles. The molecule has 9 nitrogen and oxygen atoms in total. The van der Waals surface area contributed by atoms with E-state index >= 15 is 0 Å². The van der Waals surface area contributed by atoms with E-state index in [4.69, 9.17) is 14.2 Å². The second-order valence-electron chi connectivity index (χ2n) is 9.89. The van der Waals surface area contributed by atoms with Crippen molar-refractivity contribution >= 4 is 17.6 Å².